The number of nitrogens with zero attached hydrogens (tertiary/aromatic N) is 2. The fourth-order valence-corrected chi connectivity index (χ4v) is 3.15. The molecule has 1 heterocycles. The van der Waals surface area contributed by atoms with Gasteiger partial charge in [-0.15, -0.1) is 11.3 Å². The lowest BCUT2D eigenvalue weighted by Crippen LogP contribution is -2.18. The molecule has 0 bridgehead atoms. The van der Waals surface area contributed by atoms with Crippen LogP contribution < -0.4 is 4.80 Å². The van der Waals surface area contributed by atoms with Crippen LogP contribution in [0.4, 0.5) is 17.6 Å². The minimum Gasteiger partial charge on any atom is -0.321 e. The number of aryl methyl sites for hydroxylation is 1. The topological polar surface area (TPSA) is 34.4 Å². The smallest absolute Gasteiger partial charge is 0.321 e. The molecule has 1 aromatic carbocycles. The summed E-state index contributed by atoms with van der Waals surface area (Å²) in [6.07, 6.45) is -4.86. The molecule has 0 radical (unpaired) electrons. The van der Waals surface area contributed by atoms with Gasteiger partial charge in [0.25, 0.3) is 5.91 Å². The third-order valence-corrected chi connectivity index (χ3v) is 4.53. The fraction of sp³-hybridized carbons (Fsp3) is 0.333. The van der Waals surface area contributed by atoms with Crippen molar-refractivity contribution in [2.45, 2.75) is 33.5 Å². The predicted molar refractivity (Wildman–Crippen MR) is 78.8 cm³/mol. The van der Waals surface area contributed by atoms with Crippen molar-refractivity contribution >= 4 is 17.2 Å². The number of hydrogen-bond donors (Lipinski definition) is 0. The highest BCUT2D eigenvalue weighted by Gasteiger charge is 2.35. The largest absolute Gasteiger partial charge is 0.419 e. The van der Waals surface area contributed by atoms with Crippen molar-refractivity contribution in [3.8, 4) is 0 Å². The molecular formula is C15H14F4N2OS. The second-order valence-corrected chi connectivity index (χ2v) is 6.03. The molecule has 8 heteroatoms. The quantitative estimate of drug-likeness (QED) is 0.755. The predicted octanol–water partition coefficient (Wildman–Crippen LogP) is 4.09. The van der Waals surface area contributed by atoms with Crippen LogP contribution in [-0.2, 0) is 12.7 Å². The van der Waals surface area contributed by atoms with E-state index in [9.17, 15) is 22.4 Å². The van der Waals surface area contributed by atoms with Crippen LogP contribution in [0.3, 0.4) is 0 Å². The molecule has 0 spiro atoms. The van der Waals surface area contributed by atoms with Crippen LogP contribution in [0, 0.1) is 19.7 Å². The van der Waals surface area contributed by atoms with Crippen molar-refractivity contribution in [1.29, 1.82) is 0 Å². The van der Waals surface area contributed by atoms with E-state index >= 15 is 0 Å². The molecule has 0 N–H and O–H groups in total. The van der Waals surface area contributed by atoms with E-state index in [1.165, 1.54) is 11.3 Å². The first kappa shape index (κ1) is 17.4. The van der Waals surface area contributed by atoms with E-state index in [2.05, 4.69) is 4.99 Å². The number of carbonyl (C=O) groups is 1. The van der Waals surface area contributed by atoms with Crippen molar-refractivity contribution in [3.05, 3.63) is 50.5 Å². The van der Waals surface area contributed by atoms with Gasteiger partial charge in [-0.25, -0.2) is 4.39 Å². The Hall–Kier alpha value is -1.96. The number of alkyl halides is 3. The van der Waals surface area contributed by atoms with Gasteiger partial charge in [0.15, 0.2) is 4.80 Å². The van der Waals surface area contributed by atoms with Gasteiger partial charge >= 0.3 is 6.18 Å². The number of carbonyl (C=O) groups excluding carboxylic acids is 1. The van der Waals surface area contributed by atoms with Gasteiger partial charge in [0.2, 0.25) is 0 Å². The van der Waals surface area contributed by atoms with Crippen LogP contribution in [0.2, 0.25) is 0 Å². The van der Waals surface area contributed by atoms with Crippen LogP contribution in [0.15, 0.2) is 23.2 Å². The number of rotatable bonds is 2. The van der Waals surface area contributed by atoms with Gasteiger partial charge in [-0.2, -0.15) is 18.2 Å². The molecule has 0 unspecified atom stereocenters. The molecule has 0 atom stereocenters. The molecule has 0 saturated heterocycles. The minimum absolute atomic E-state index is 0.337. The van der Waals surface area contributed by atoms with Gasteiger partial charge in [-0.1, -0.05) is 6.07 Å². The van der Waals surface area contributed by atoms with Gasteiger partial charge in [0, 0.05) is 17.1 Å². The molecule has 2 aromatic rings. The summed E-state index contributed by atoms with van der Waals surface area (Å²) >= 11 is 1.23. The van der Waals surface area contributed by atoms with Crippen LogP contribution in [0.1, 0.15) is 33.4 Å². The van der Waals surface area contributed by atoms with Crippen LogP contribution >= 0.6 is 11.3 Å². The maximum absolute atomic E-state index is 14.0. The molecule has 23 heavy (non-hydrogen) atoms. The second kappa shape index (κ2) is 6.27. The van der Waals surface area contributed by atoms with Crippen molar-refractivity contribution in [2.24, 2.45) is 4.99 Å². The van der Waals surface area contributed by atoms with Gasteiger partial charge in [0.1, 0.15) is 5.82 Å². The number of benzene rings is 1. The van der Waals surface area contributed by atoms with Crippen molar-refractivity contribution in [2.75, 3.05) is 0 Å². The maximum atomic E-state index is 14.0. The first-order valence-electron chi connectivity index (χ1n) is 6.78. The highest BCUT2D eigenvalue weighted by molar-refractivity contribution is 7.09. The first-order valence-corrected chi connectivity index (χ1v) is 7.60. The summed E-state index contributed by atoms with van der Waals surface area (Å²) in [4.78, 5) is 17.2. The molecule has 0 aliphatic heterocycles. The van der Waals surface area contributed by atoms with E-state index in [0.717, 1.165) is 22.7 Å². The lowest BCUT2D eigenvalue weighted by Gasteiger charge is -2.09. The zero-order chi connectivity index (χ0) is 17.4. The molecule has 0 saturated carbocycles. The summed E-state index contributed by atoms with van der Waals surface area (Å²) in [7, 11) is 0. The summed E-state index contributed by atoms with van der Waals surface area (Å²) < 4.78 is 53.9. The lowest BCUT2D eigenvalue weighted by molar-refractivity contribution is -0.140. The number of thiazole rings is 1. The Bertz CT molecular complexity index is 818. The number of hydrogen-bond acceptors (Lipinski definition) is 2. The molecule has 1 amide bonds. The van der Waals surface area contributed by atoms with Gasteiger partial charge in [0.05, 0.1) is 11.1 Å². The molecule has 0 aliphatic rings. The van der Waals surface area contributed by atoms with E-state index in [-0.39, 0.29) is 0 Å². The summed E-state index contributed by atoms with van der Waals surface area (Å²) in [5.41, 5.74) is -1.25. The van der Waals surface area contributed by atoms with Crippen molar-refractivity contribution < 1.29 is 22.4 Å². The Kier molecular flexibility index (Phi) is 4.74. The van der Waals surface area contributed by atoms with Gasteiger partial charge < -0.3 is 4.57 Å². The fourth-order valence-electron chi connectivity index (χ4n) is 2.12. The number of halogens is 4. The van der Waals surface area contributed by atoms with E-state index < -0.39 is 29.0 Å². The molecular weight excluding hydrogens is 332 g/mol. The zero-order valence-corrected chi connectivity index (χ0v) is 13.5. The molecule has 2 rings (SSSR count). The van der Waals surface area contributed by atoms with Crippen LogP contribution in [-0.4, -0.2) is 10.5 Å². The van der Waals surface area contributed by atoms with Gasteiger partial charge in [-0.3, -0.25) is 4.79 Å². The van der Waals surface area contributed by atoms with E-state index in [4.69, 9.17) is 0 Å². The standard InChI is InChI=1S/C15H14F4N2OS/c1-4-21-8(2)9(3)23-14(21)20-13(22)10-6-5-7-11(12(10)16)15(17,18)19/h5-7H,4H2,1-3H3. The first-order chi connectivity index (χ1) is 10.7. The SMILES string of the molecule is CCn1c(C)c(C)sc1=NC(=O)c1cccc(C(F)(F)F)c1F. The zero-order valence-electron chi connectivity index (χ0n) is 12.7. The molecule has 0 fully saturated rings. The van der Waals surface area contributed by atoms with Crippen molar-refractivity contribution in [1.82, 2.24) is 4.57 Å². The third kappa shape index (κ3) is 3.36. The average molecular weight is 346 g/mol. The number of amides is 1. The summed E-state index contributed by atoms with van der Waals surface area (Å²) in [5.74, 6) is -2.63. The maximum Gasteiger partial charge on any atom is 0.419 e. The molecule has 124 valence electrons. The highest BCUT2D eigenvalue weighted by Crippen LogP contribution is 2.32. The van der Waals surface area contributed by atoms with E-state index in [1.807, 2.05) is 20.8 Å². The molecule has 1 aromatic heterocycles. The Labute approximate surface area is 133 Å². The Balaban J connectivity index is 2.55. The lowest BCUT2D eigenvalue weighted by atomic mass is 10.1. The monoisotopic (exact) mass is 346 g/mol. The molecule has 3 nitrogen and oxygen atoms in total. The Morgan fingerprint density at radius 1 is 1.30 bits per heavy atom. The summed E-state index contributed by atoms with van der Waals surface area (Å²) in [6.45, 7) is 6.10. The van der Waals surface area contributed by atoms with Crippen LogP contribution in [0.25, 0.3) is 0 Å². The van der Waals surface area contributed by atoms with Crippen LogP contribution in [0.5, 0.6) is 0 Å². The van der Waals surface area contributed by atoms with E-state index in [0.29, 0.717) is 17.4 Å². The minimum atomic E-state index is -4.86. The number of aromatic nitrogens is 1. The normalized spacial score (nSPS) is 12.7. The Morgan fingerprint density at radius 3 is 2.52 bits per heavy atom. The van der Waals surface area contributed by atoms with E-state index in [1.54, 1.807) is 4.57 Å². The average Bonchev–Trinajstić information content (AvgIpc) is 2.72. The second-order valence-electron chi connectivity index (χ2n) is 4.85. The summed E-state index contributed by atoms with van der Waals surface area (Å²) in [6, 6.07) is 2.59. The van der Waals surface area contributed by atoms with Gasteiger partial charge in [-0.05, 0) is 32.9 Å². The highest BCUT2D eigenvalue weighted by atomic mass is 32.1. The Morgan fingerprint density at radius 2 is 1.96 bits per heavy atom. The van der Waals surface area contributed by atoms with Crippen molar-refractivity contribution in [3.63, 3.8) is 0 Å². The molecule has 0 aliphatic carbocycles. The summed E-state index contributed by atoms with van der Waals surface area (Å²) in [5, 5.41) is 0. The third-order valence-electron chi connectivity index (χ3n) is 3.44.